The molecular formula is C15H18O. The summed E-state index contributed by atoms with van der Waals surface area (Å²) >= 11 is 0. The van der Waals surface area contributed by atoms with Gasteiger partial charge in [0, 0.05) is 12.3 Å². The molecule has 0 aromatic heterocycles. The molecule has 1 nitrogen and oxygen atoms in total. The number of allylic oxidation sites excluding steroid dienone is 1. The minimum Gasteiger partial charge on any atom is -0.299 e. The summed E-state index contributed by atoms with van der Waals surface area (Å²) in [7, 11) is 0. The van der Waals surface area contributed by atoms with Crippen molar-refractivity contribution in [1.82, 2.24) is 0 Å². The standard InChI is InChI=1S/C15H18O/c16-15-10-6-2-5-9-14(15)12-11-13-7-3-1-4-8-13/h1,3-4,7-8,11-12,14H,2,5-6,9-10H2/b12-11+. The minimum atomic E-state index is 0.155. The molecule has 0 saturated heterocycles. The van der Waals surface area contributed by atoms with Crippen molar-refractivity contribution in [3.8, 4) is 0 Å². The van der Waals surface area contributed by atoms with Crippen LogP contribution in [-0.4, -0.2) is 5.78 Å². The van der Waals surface area contributed by atoms with Gasteiger partial charge in [0.25, 0.3) is 0 Å². The van der Waals surface area contributed by atoms with Crippen LogP contribution in [0.4, 0.5) is 0 Å². The summed E-state index contributed by atoms with van der Waals surface area (Å²) in [6.45, 7) is 0. The molecule has 2 rings (SSSR count). The maximum Gasteiger partial charge on any atom is 0.139 e. The monoisotopic (exact) mass is 214 g/mol. The van der Waals surface area contributed by atoms with E-state index in [1.807, 2.05) is 18.2 Å². The highest BCUT2D eigenvalue weighted by atomic mass is 16.1. The van der Waals surface area contributed by atoms with Crippen LogP contribution in [0.15, 0.2) is 36.4 Å². The Morgan fingerprint density at radius 2 is 1.88 bits per heavy atom. The summed E-state index contributed by atoms with van der Waals surface area (Å²) in [5.74, 6) is 0.576. The van der Waals surface area contributed by atoms with Crippen LogP contribution in [0.2, 0.25) is 0 Å². The molecule has 0 N–H and O–H groups in total. The Morgan fingerprint density at radius 3 is 2.69 bits per heavy atom. The quantitative estimate of drug-likeness (QED) is 0.683. The highest BCUT2D eigenvalue weighted by Crippen LogP contribution is 2.21. The van der Waals surface area contributed by atoms with Crippen LogP contribution in [-0.2, 0) is 4.79 Å². The van der Waals surface area contributed by atoms with E-state index >= 15 is 0 Å². The van der Waals surface area contributed by atoms with Gasteiger partial charge in [0.1, 0.15) is 5.78 Å². The first-order chi connectivity index (χ1) is 7.86. The second-order valence-corrected chi connectivity index (χ2v) is 4.44. The van der Waals surface area contributed by atoms with Crippen molar-refractivity contribution < 1.29 is 4.79 Å². The van der Waals surface area contributed by atoms with E-state index in [0.717, 1.165) is 19.3 Å². The molecule has 1 atom stereocenters. The van der Waals surface area contributed by atoms with Crippen LogP contribution in [0.25, 0.3) is 6.08 Å². The van der Waals surface area contributed by atoms with E-state index in [4.69, 9.17) is 0 Å². The minimum absolute atomic E-state index is 0.155. The molecule has 1 aromatic rings. The fourth-order valence-electron chi connectivity index (χ4n) is 2.18. The number of ketones is 1. The molecule has 84 valence electrons. The average Bonchev–Trinajstić information content (AvgIpc) is 2.53. The molecule has 1 unspecified atom stereocenters. The normalized spacial score (nSPS) is 22.2. The number of hydrogen-bond donors (Lipinski definition) is 0. The fraction of sp³-hybridized carbons (Fsp3) is 0.400. The zero-order valence-electron chi connectivity index (χ0n) is 9.56. The molecular weight excluding hydrogens is 196 g/mol. The summed E-state index contributed by atoms with van der Waals surface area (Å²) in [5.41, 5.74) is 1.18. The van der Waals surface area contributed by atoms with Crippen molar-refractivity contribution >= 4 is 11.9 Å². The van der Waals surface area contributed by atoms with Gasteiger partial charge in [-0.1, -0.05) is 55.3 Å². The Morgan fingerprint density at radius 1 is 1.06 bits per heavy atom. The van der Waals surface area contributed by atoms with Crippen LogP contribution < -0.4 is 0 Å². The molecule has 0 amide bonds. The number of carbonyl (C=O) groups excluding carboxylic acids is 1. The lowest BCUT2D eigenvalue weighted by Crippen LogP contribution is -2.09. The van der Waals surface area contributed by atoms with E-state index in [1.165, 1.54) is 18.4 Å². The summed E-state index contributed by atoms with van der Waals surface area (Å²) in [6.07, 6.45) is 9.44. The lowest BCUT2D eigenvalue weighted by Gasteiger charge is -2.06. The fourth-order valence-corrected chi connectivity index (χ4v) is 2.18. The zero-order chi connectivity index (χ0) is 11.2. The second kappa shape index (κ2) is 5.64. The Bertz CT molecular complexity index is 364. The molecule has 1 aliphatic carbocycles. The van der Waals surface area contributed by atoms with Gasteiger partial charge in [0.15, 0.2) is 0 Å². The third-order valence-electron chi connectivity index (χ3n) is 3.17. The molecule has 0 aliphatic heterocycles. The molecule has 1 fully saturated rings. The average molecular weight is 214 g/mol. The molecule has 1 aromatic carbocycles. The van der Waals surface area contributed by atoms with Gasteiger partial charge in [0.05, 0.1) is 0 Å². The number of carbonyl (C=O) groups is 1. The zero-order valence-corrected chi connectivity index (χ0v) is 9.56. The van der Waals surface area contributed by atoms with Crippen molar-refractivity contribution in [2.45, 2.75) is 32.1 Å². The van der Waals surface area contributed by atoms with Gasteiger partial charge in [-0.05, 0) is 18.4 Å². The van der Waals surface area contributed by atoms with Crippen molar-refractivity contribution in [2.24, 2.45) is 5.92 Å². The summed E-state index contributed by atoms with van der Waals surface area (Å²) in [6, 6.07) is 10.2. The third-order valence-corrected chi connectivity index (χ3v) is 3.17. The number of rotatable bonds is 2. The summed E-state index contributed by atoms with van der Waals surface area (Å²) < 4.78 is 0. The van der Waals surface area contributed by atoms with Crippen molar-refractivity contribution in [1.29, 1.82) is 0 Å². The van der Waals surface area contributed by atoms with E-state index in [1.54, 1.807) is 0 Å². The highest BCUT2D eigenvalue weighted by molar-refractivity contribution is 5.83. The summed E-state index contributed by atoms with van der Waals surface area (Å²) in [4.78, 5) is 11.8. The first kappa shape index (κ1) is 11.1. The van der Waals surface area contributed by atoms with Gasteiger partial charge in [-0.3, -0.25) is 4.79 Å². The maximum atomic E-state index is 11.8. The van der Waals surface area contributed by atoms with Crippen LogP contribution in [0.1, 0.15) is 37.7 Å². The van der Waals surface area contributed by atoms with Crippen LogP contribution in [0, 0.1) is 5.92 Å². The second-order valence-electron chi connectivity index (χ2n) is 4.44. The Balaban J connectivity index is 2.02. The van der Waals surface area contributed by atoms with Crippen LogP contribution in [0.3, 0.4) is 0 Å². The highest BCUT2D eigenvalue weighted by Gasteiger charge is 2.17. The predicted molar refractivity (Wildman–Crippen MR) is 67.1 cm³/mol. The lowest BCUT2D eigenvalue weighted by molar-refractivity contribution is -0.121. The van der Waals surface area contributed by atoms with Crippen molar-refractivity contribution in [2.75, 3.05) is 0 Å². The van der Waals surface area contributed by atoms with Gasteiger partial charge in [-0.2, -0.15) is 0 Å². The molecule has 1 heteroatoms. The topological polar surface area (TPSA) is 17.1 Å². The molecule has 0 spiro atoms. The van der Waals surface area contributed by atoms with Gasteiger partial charge in [-0.15, -0.1) is 0 Å². The Kier molecular flexibility index (Phi) is 3.92. The number of benzene rings is 1. The van der Waals surface area contributed by atoms with E-state index < -0.39 is 0 Å². The van der Waals surface area contributed by atoms with Gasteiger partial charge in [0.2, 0.25) is 0 Å². The summed E-state index contributed by atoms with van der Waals surface area (Å²) in [5, 5.41) is 0. The number of Topliss-reactive ketones (excluding diaryl/α,β-unsaturated/α-hetero) is 1. The largest absolute Gasteiger partial charge is 0.299 e. The molecule has 16 heavy (non-hydrogen) atoms. The van der Waals surface area contributed by atoms with Gasteiger partial charge >= 0.3 is 0 Å². The smallest absolute Gasteiger partial charge is 0.139 e. The van der Waals surface area contributed by atoms with Crippen molar-refractivity contribution in [3.63, 3.8) is 0 Å². The molecule has 1 aliphatic rings. The third kappa shape index (κ3) is 3.06. The molecule has 0 radical (unpaired) electrons. The van der Waals surface area contributed by atoms with E-state index in [2.05, 4.69) is 24.3 Å². The molecule has 0 heterocycles. The van der Waals surface area contributed by atoms with Crippen LogP contribution >= 0.6 is 0 Å². The Hall–Kier alpha value is -1.37. The van der Waals surface area contributed by atoms with E-state index in [0.29, 0.717) is 5.78 Å². The number of hydrogen-bond acceptors (Lipinski definition) is 1. The van der Waals surface area contributed by atoms with Gasteiger partial charge < -0.3 is 0 Å². The Labute approximate surface area is 97.2 Å². The first-order valence-corrected chi connectivity index (χ1v) is 6.12. The van der Waals surface area contributed by atoms with Crippen LogP contribution in [0.5, 0.6) is 0 Å². The molecule has 1 saturated carbocycles. The van der Waals surface area contributed by atoms with E-state index in [-0.39, 0.29) is 5.92 Å². The van der Waals surface area contributed by atoms with Crippen molar-refractivity contribution in [3.05, 3.63) is 42.0 Å². The predicted octanol–water partition coefficient (Wildman–Crippen LogP) is 3.85. The maximum absolute atomic E-state index is 11.8. The lowest BCUT2D eigenvalue weighted by atomic mass is 9.97. The first-order valence-electron chi connectivity index (χ1n) is 6.12. The van der Waals surface area contributed by atoms with Gasteiger partial charge in [-0.25, -0.2) is 0 Å². The SMILES string of the molecule is O=C1CCCCCC1/C=C/c1ccccc1. The van der Waals surface area contributed by atoms with E-state index in [9.17, 15) is 4.79 Å². The molecule has 0 bridgehead atoms.